The molecule has 4 nitrogen and oxygen atoms in total. The molecule has 5 heteroatoms. The Balaban J connectivity index is 2.30. The Hall–Kier alpha value is -0.680. The number of nitrogens with zero attached hydrogens (tertiary/aromatic N) is 2. The summed E-state index contributed by atoms with van der Waals surface area (Å²) in [6.07, 6.45) is 2.37. The molecule has 84 valence electrons. The molecule has 1 aromatic rings. The van der Waals surface area contributed by atoms with E-state index in [1.807, 2.05) is 0 Å². The third-order valence-electron chi connectivity index (χ3n) is 2.94. The van der Waals surface area contributed by atoms with E-state index in [2.05, 4.69) is 28.6 Å². The van der Waals surface area contributed by atoms with Crippen LogP contribution in [0.1, 0.15) is 38.4 Å². The van der Waals surface area contributed by atoms with Crippen LogP contribution >= 0.6 is 12.2 Å². The quantitative estimate of drug-likeness (QED) is 0.805. The Labute approximate surface area is 94.6 Å². The maximum Gasteiger partial charge on any atom is 0.195 e. The zero-order valence-electron chi connectivity index (χ0n) is 9.19. The van der Waals surface area contributed by atoms with Crippen molar-refractivity contribution in [3.8, 4) is 0 Å². The molecular formula is C10H17N3OS. The van der Waals surface area contributed by atoms with Crippen molar-refractivity contribution in [1.82, 2.24) is 14.8 Å². The maximum atomic E-state index is 5.56. The standard InChI is InChI=1S/C10H17N3OS/c1-3-5-13-9(11-12-10(13)15)8-4-6-14-7(8)2/h7-8H,3-6H2,1-2H3,(H,12,15). The lowest BCUT2D eigenvalue weighted by Gasteiger charge is -2.14. The summed E-state index contributed by atoms with van der Waals surface area (Å²) in [5, 5.41) is 7.21. The molecule has 1 saturated heterocycles. The fourth-order valence-electron chi connectivity index (χ4n) is 2.12. The summed E-state index contributed by atoms with van der Waals surface area (Å²) < 4.78 is 8.39. The van der Waals surface area contributed by atoms with Gasteiger partial charge in [0.2, 0.25) is 0 Å². The molecule has 0 bridgehead atoms. The lowest BCUT2D eigenvalue weighted by Crippen LogP contribution is -2.15. The molecule has 1 N–H and O–H groups in total. The van der Waals surface area contributed by atoms with Crippen LogP contribution in [-0.2, 0) is 11.3 Å². The molecule has 15 heavy (non-hydrogen) atoms. The van der Waals surface area contributed by atoms with Gasteiger partial charge in [-0.3, -0.25) is 5.10 Å². The molecule has 2 rings (SSSR count). The fourth-order valence-corrected chi connectivity index (χ4v) is 2.35. The van der Waals surface area contributed by atoms with E-state index in [9.17, 15) is 0 Å². The molecule has 0 spiro atoms. The Bertz CT molecular complexity index is 384. The van der Waals surface area contributed by atoms with Gasteiger partial charge >= 0.3 is 0 Å². The van der Waals surface area contributed by atoms with Crippen LogP contribution in [0, 0.1) is 4.77 Å². The van der Waals surface area contributed by atoms with Crippen molar-refractivity contribution in [2.75, 3.05) is 6.61 Å². The Morgan fingerprint density at radius 2 is 2.47 bits per heavy atom. The minimum absolute atomic E-state index is 0.255. The highest BCUT2D eigenvalue weighted by atomic mass is 32.1. The molecule has 2 heterocycles. The first kappa shape index (κ1) is 10.8. The summed E-state index contributed by atoms with van der Waals surface area (Å²) in [6.45, 7) is 6.02. The van der Waals surface area contributed by atoms with Gasteiger partial charge in [0.15, 0.2) is 4.77 Å². The van der Waals surface area contributed by atoms with Gasteiger partial charge in [-0.2, -0.15) is 5.10 Å². The van der Waals surface area contributed by atoms with E-state index in [4.69, 9.17) is 17.0 Å². The molecule has 1 fully saturated rings. The van der Waals surface area contributed by atoms with Crippen LogP contribution in [0.3, 0.4) is 0 Å². The van der Waals surface area contributed by atoms with E-state index in [0.717, 1.165) is 36.6 Å². The topological polar surface area (TPSA) is 42.8 Å². The molecule has 2 unspecified atom stereocenters. The van der Waals surface area contributed by atoms with E-state index in [1.54, 1.807) is 0 Å². The lowest BCUT2D eigenvalue weighted by molar-refractivity contribution is 0.116. The first-order valence-corrected chi connectivity index (χ1v) is 5.91. The summed E-state index contributed by atoms with van der Waals surface area (Å²) in [7, 11) is 0. The van der Waals surface area contributed by atoms with Gasteiger partial charge in [-0.05, 0) is 32.0 Å². The normalized spacial score (nSPS) is 26.0. The highest BCUT2D eigenvalue weighted by Gasteiger charge is 2.29. The van der Waals surface area contributed by atoms with Crippen LogP contribution in [-0.4, -0.2) is 27.5 Å². The van der Waals surface area contributed by atoms with Crippen LogP contribution in [0.2, 0.25) is 0 Å². The van der Waals surface area contributed by atoms with E-state index >= 15 is 0 Å². The highest BCUT2D eigenvalue weighted by Crippen LogP contribution is 2.29. The predicted molar refractivity (Wildman–Crippen MR) is 60.5 cm³/mol. The molecule has 0 radical (unpaired) electrons. The Kier molecular flexibility index (Phi) is 3.21. The summed E-state index contributed by atoms with van der Waals surface area (Å²) in [5.41, 5.74) is 0. The smallest absolute Gasteiger partial charge is 0.195 e. The van der Waals surface area contributed by atoms with E-state index < -0.39 is 0 Å². The van der Waals surface area contributed by atoms with Gasteiger partial charge < -0.3 is 9.30 Å². The van der Waals surface area contributed by atoms with E-state index in [1.165, 1.54) is 0 Å². The number of aromatic amines is 1. The number of rotatable bonds is 3. The number of H-pyrrole nitrogens is 1. The van der Waals surface area contributed by atoms with E-state index in [0.29, 0.717) is 5.92 Å². The number of nitrogens with one attached hydrogen (secondary N) is 1. The summed E-state index contributed by atoms with van der Waals surface area (Å²) in [5.74, 6) is 1.45. The summed E-state index contributed by atoms with van der Waals surface area (Å²) in [6, 6.07) is 0. The van der Waals surface area contributed by atoms with Crippen molar-refractivity contribution in [3.05, 3.63) is 10.6 Å². The van der Waals surface area contributed by atoms with E-state index in [-0.39, 0.29) is 6.10 Å². The summed E-state index contributed by atoms with van der Waals surface area (Å²) >= 11 is 5.22. The number of ether oxygens (including phenoxy) is 1. The first-order valence-electron chi connectivity index (χ1n) is 5.50. The van der Waals surface area contributed by atoms with Crippen molar-refractivity contribution < 1.29 is 4.74 Å². The van der Waals surface area contributed by atoms with Crippen molar-refractivity contribution in [2.24, 2.45) is 0 Å². The van der Waals surface area contributed by atoms with Crippen molar-refractivity contribution >= 4 is 12.2 Å². The van der Waals surface area contributed by atoms with Crippen molar-refractivity contribution in [2.45, 2.75) is 45.3 Å². The largest absolute Gasteiger partial charge is 0.378 e. The predicted octanol–water partition coefficient (Wildman–Crippen LogP) is 2.24. The molecule has 0 amide bonds. The van der Waals surface area contributed by atoms with Gasteiger partial charge in [0.05, 0.1) is 6.10 Å². The minimum Gasteiger partial charge on any atom is -0.378 e. The highest BCUT2D eigenvalue weighted by molar-refractivity contribution is 7.71. The average Bonchev–Trinajstić information content (AvgIpc) is 2.76. The van der Waals surface area contributed by atoms with Gasteiger partial charge in [-0.25, -0.2) is 0 Å². The second kappa shape index (κ2) is 4.45. The third-order valence-corrected chi connectivity index (χ3v) is 3.25. The third kappa shape index (κ3) is 1.99. The van der Waals surface area contributed by atoms with Gasteiger partial charge in [0, 0.05) is 19.1 Å². The number of hydrogen-bond donors (Lipinski definition) is 1. The second-order valence-corrected chi connectivity index (χ2v) is 4.40. The summed E-state index contributed by atoms with van der Waals surface area (Å²) in [4.78, 5) is 0. The van der Waals surface area contributed by atoms with Gasteiger partial charge in [0.1, 0.15) is 5.82 Å². The SMILES string of the molecule is CCCn1c(C2CCOC2C)n[nH]c1=S. The van der Waals surface area contributed by atoms with Gasteiger partial charge in [-0.15, -0.1) is 0 Å². The van der Waals surface area contributed by atoms with Crippen molar-refractivity contribution in [1.29, 1.82) is 0 Å². The van der Waals surface area contributed by atoms with Crippen molar-refractivity contribution in [3.63, 3.8) is 0 Å². The fraction of sp³-hybridized carbons (Fsp3) is 0.800. The molecular weight excluding hydrogens is 210 g/mol. The molecule has 1 aromatic heterocycles. The monoisotopic (exact) mass is 227 g/mol. The molecule has 0 aromatic carbocycles. The first-order chi connectivity index (χ1) is 7.24. The Morgan fingerprint density at radius 1 is 1.67 bits per heavy atom. The van der Waals surface area contributed by atoms with Gasteiger partial charge in [-0.1, -0.05) is 6.92 Å². The molecule has 0 aliphatic carbocycles. The molecule has 0 saturated carbocycles. The Morgan fingerprint density at radius 3 is 3.07 bits per heavy atom. The minimum atomic E-state index is 0.255. The molecule has 1 aliphatic heterocycles. The van der Waals surface area contributed by atoms with Crippen LogP contribution in [0.5, 0.6) is 0 Å². The van der Waals surface area contributed by atoms with Crippen LogP contribution in [0.15, 0.2) is 0 Å². The molecule has 1 aliphatic rings. The van der Waals surface area contributed by atoms with Crippen LogP contribution < -0.4 is 0 Å². The number of hydrogen-bond acceptors (Lipinski definition) is 3. The zero-order valence-corrected chi connectivity index (χ0v) is 10.0. The second-order valence-electron chi connectivity index (χ2n) is 4.01. The van der Waals surface area contributed by atoms with Gasteiger partial charge in [0.25, 0.3) is 0 Å². The van der Waals surface area contributed by atoms with Crippen LogP contribution in [0.4, 0.5) is 0 Å². The average molecular weight is 227 g/mol. The maximum absolute atomic E-state index is 5.56. The van der Waals surface area contributed by atoms with Crippen LogP contribution in [0.25, 0.3) is 0 Å². The molecule has 2 atom stereocenters. The lowest BCUT2D eigenvalue weighted by atomic mass is 10.0. The zero-order chi connectivity index (χ0) is 10.8. The number of aromatic nitrogens is 3.